The van der Waals surface area contributed by atoms with Crippen molar-refractivity contribution in [3.05, 3.63) is 0 Å². The highest BCUT2D eigenvalue weighted by Gasteiger charge is 2.72. The zero-order valence-electron chi connectivity index (χ0n) is 12.2. The van der Waals surface area contributed by atoms with E-state index in [2.05, 4.69) is 0 Å². The predicted molar refractivity (Wildman–Crippen MR) is 71.3 cm³/mol. The van der Waals surface area contributed by atoms with Crippen molar-refractivity contribution in [1.82, 2.24) is 0 Å². The fraction of sp³-hybridized carbons (Fsp3) is 1.00. The van der Waals surface area contributed by atoms with Gasteiger partial charge in [-0.3, -0.25) is 0 Å². The lowest BCUT2D eigenvalue weighted by atomic mass is 10.1. The van der Waals surface area contributed by atoms with Crippen LogP contribution in [-0.2, 0) is 0 Å². The SMILES string of the molecule is CC(C)[Si]([SiH3])(CCC(F)(F)C(F)(F)C(F)(F)F)C(C)C. The van der Waals surface area contributed by atoms with E-state index >= 15 is 0 Å². The van der Waals surface area contributed by atoms with Gasteiger partial charge in [0.1, 0.15) is 0 Å². The van der Waals surface area contributed by atoms with Gasteiger partial charge in [0.25, 0.3) is 0 Å². The molecular weight excluding hydrogens is 321 g/mol. The van der Waals surface area contributed by atoms with Gasteiger partial charge in [-0.15, -0.1) is 0 Å². The maximum Gasteiger partial charge on any atom is 0.459 e. The Hall–Kier alpha value is -0.0562. The van der Waals surface area contributed by atoms with Crippen molar-refractivity contribution in [2.75, 3.05) is 0 Å². The Labute approximate surface area is 118 Å². The minimum atomic E-state index is -6.22. The highest BCUT2D eigenvalue weighted by atomic mass is 29.2. The lowest BCUT2D eigenvalue weighted by Crippen LogP contribution is -2.53. The van der Waals surface area contributed by atoms with Gasteiger partial charge in [-0.05, 0) is 9.76 Å². The van der Waals surface area contributed by atoms with Crippen LogP contribution in [0, 0.1) is 0 Å². The molecule has 0 N–H and O–H groups in total. The molecule has 0 fully saturated rings. The number of hydrogen-bond acceptors (Lipinski definition) is 0. The average Bonchev–Trinajstić information content (AvgIpc) is 2.23. The Morgan fingerprint density at radius 2 is 1.20 bits per heavy atom. The van der Waals surface area contributed by atoms with Gasteiger partial charge >= 0.3 is 18.0 Å². The lowest BCUT2D eigenvalue weighted by molar-refractivity contribution is -0.354. The molecule has 0 aliphatic rings. The Bertz CT molecular complexity index is 315. The Morgan fingerprint density at radius 1 is 0.850 bits per heavy atom. The minimum absolute atomic E-state index is 0.0875. The van der Waals surface area contributed by atoms with Crippen molar-refractivity contribution in [2.45, 2.75) is 69.3 Å². The van der Waals surface area contributed by atoms with Crippen molar-refractivity contribution in [3.63, 3.8) is 0 Å². The van der Waals surface area contributed by atoms with Crippen LogP contribution < -0.4 is 0 Å². The normalized spacial score (nSPS) is 15.4. The summed E-state index contributed by atoms with van der Waals surface area (Å²) in [4.78, 5) is 0. The fourth-order valence-electron chi connectivity index (χ4n) is 2.03. The van der Waals surface area contributed by atoms with E-state index in [0.717, 1.165) is 0 Å². The van der Waals surface area contributed by atoms with Gasteiger partial charge in [-0.25, -0.2) is 0 Å². The molecule has 0 rings (SSSR count). The molecule has 0 aromatic rings. The summed E-state index contributed by atoms with van der Waals surface area (Å²) in [6.07, 6.45) is -7.62. The summed E-state index contributed by atoms with van der Waals surface area (Å²) in [5, 5.41) is 0. The third-order valence-corrected chi connectivity index (χ3v) is 19.5. The molecule has 0 aliphatic carbocycles. The number of alkyl halides is 7. The van der Waals surface area contributed by atoms with Crippen LogP contribution in [0.25, 0.3) is 0 Å². The largest absolute Gasteiger partial charge is 0.459 e. The second-order valence-corrected chi connectivity index (χ2v) is 17.5. The van der Waals surface area contributed by atoms with E-state index < -0.39 is 32.0 Å². The molecule has 0 saturated carbocycles. The molecule has 0 spiro atoms. The molecule has 0 aliphatic heterocycles. The summed E-state index contributed by atoms with van der Waals surface area (Å²) >= 11 is 0. The quantitative estimate of drug-likeness (QED) is 0.498. The van der Waals surface area contributed by atoms with E-state index in [9.17, 15) is 30.7 Å². The minimum Gasteiger partial charge on any atom is -0.200 e. The van der Waals surface area contributed by atoms with Crippen molar-refractivity contribution in [3.8, 4) is 0 Å². The monoisotopic (exact) mass is 342 g/mol. The first-order valence-electron chi connectivity index (χ1n) is 6.42. The topological polar surface area (TPSA) is 0 Å². The van der Waals surface area contributed by atoms with Crippen molar-refractivity contribution < 1.29 is 30.7 Å². The summed E-state index contributed by atoms with van der Waals surface area (Å²) < 4.78 is 88.5. The zero-order chi connectivity index (χ0) is 16.6. The fourth-order valence-corrected chi connectivity index (χ4v) is 6.13. The van der Waals surface area contributed by atoms with Crippen LogP contribution in [0.3, 0.4) is 0 Å². The summed E-state index contributed by atoms with van der Waals surface area (Å²) in [5.74, 6) is -11.0. The maximum absolute atomic E-state index is 13.3. The molecule has 0 nitrogen and oxygen atoms in total. The van der Waals surface area contributed by atoms with Gasteiger partial charge in [0.15, 0.2) is 0 Å². The summed E-state index contributed by atoms with van der Waals surface area (Å²) in [7, 11) is -1.61. The molecule has 0 bridgehead atoms. The molecule has 20 heavy (non-hydrogen) atoms. The molecule has 9 heteroatoms. The average molecular weight is 342 g/mol. The van der Waals surface area contributed by atoms with Crippen LogP contribution in [0.2, 0.25) is 17.1 Å². The van der Waals surface area contributed by atoms with E-state index in [0.29, 0.717) is 9.76 Å². The van der Waals surface area contributed by atoms with Crippen LogP contribution in [0.4, 0.5) is 30.7 Å². The molecule has 0 amide bonds. The summed E-state index contributed by atoms with van der Waals surface area (Å²) in [6.45, 7) is 7.33. The highest BCUT2D eigenvalue weighted by Crippen LogP contribution is 2.50. The van der Waals surface area contributed by atoms with Gasteiger partial charge < -0.3 is 0 Å². The van der Waals surface area contributed by atoms with Crippen molar-refractivity contribution in [2.24, 2.45) is 0 Å². The second-order valence-electron chi connectivity index (χ2n) is 6.09. The van der Waals surface area contributed by atoms with Crippen molar-refractivity contribution >= 4 is 17.4 Å². The van der Waals surface area contributed by atoms with Gasteiger partial charge in [0.05, 0.1) is 0 Å². The standard InChI is InChI=1S/C11H21F7Si2/c1-7(2)20(19,8(3)4)6-5-9(12,13)10(14,15)11(16,17)18/h7-8H,5-6H2,1-4,19H3. The Kier molecular flexibility index (Phi) is 5.96. The first-order valence-corrected chi connectivity index (χ1v) is 12.3. The van der Waals surface area contributed by atoms with Crippen molar-refractivity contribution in [1.29, 1.82) is 0 Å². The lowest BCUT2D eigenvalue weighted by Gasteiger charge is -2.38. The van der Waals surface area contributed by atoms with Crippen LogP contribution >= 0.6 is 0 Å². The molecule has 0 aromatic heterocycles. The number of halogens is 7. The zero-order valence-corrected chi connectivity index (χ0v) is 15.2. The van der Waals surface area contributed by atoms with Gasteiger partial charge in [-0.2, -0.15) is 30.7 Å². The third kappa shape index (κ3) is 3.77. The van der Waals surface area contributed by atoms with Crippen LogP contribution in [0.15, 0.2) is 0 Å². The second kappa shape index (κ2) is 5.98. The van der Waals surface area contributed by atoms with E-state index in [1.165, 1.54) is 0 Å². The summed E-state index contributed by atoms with van der Waals surface area (Å²) in [5.41, 5.74) is 0.175. The van der Waals surface area contributed by atoms with Gasteiger partial charge in [0, 0.05) is 14.0 Å². The Balaban J connectivity index is 5.14. The van der Waals surface area contributed by atoms with E-state index in [1.807, 2.05) is 27.7 Å². The first kappa shape index (κ1) is 19.9. The first-order chi connectivity index (χ1) is 8.59. The molecule has 0 saturated heterocycles. The van der Waals surface area contributed by atoms with Crippen LogP contribution in [-0.4, -0.2) is 35.4 Å². The smallest absolute Gasteiger partial charge is 0.200 e. The van der Waals surface area contributed by atoms with Crippen LogP contribution in [0.5, 0.6) is 0 Å². The van der Waals surface area contributed by atoms with Gasteiger partial charge in [0.2, 0.25) is 0 Å². The number of rotatable bonds is 6. The molecule has 0 radical (unpaired) electrons. The van der Waals surface area contributed by atoms with Gasteiger partial charge in [-0.1, -0.05) is 44.8 Å². The van der Waals surface area contributed by atoms with E-state index in [1.54, 1.807) is 0 Å². The summed E-state index contributed by atoms with van der Waals surface area (Å²) in [6, 6.07) is -0.201. The molecule has 0 unspecified atom stereocenters. The van der Waals surface area contributed by atoms with E-state index in [-0.39, 0.29) is 17.1 Å². The van der Waals surface area contributed by atoms with E-state index in [4.69, 9.17) is 0 Å². The maximum atomic E-state index is 13.3. The predicted octanol–water partition coefficient (Wildman–Crippen LogP) is 4.34. The molecule has 122 valence electrons. The molecule has 0 aromatic carbocycles. The number of hydrogen-bond donors (Lipinski definition) is 0. The van der Waals surface area contributed by atoms with Crippen LogP contribution in [0.1, 0.15) is 34.1 Å². The highest BCUT2D eigenvalue weighted by molar-refractivity contribution is 7.18. The third-order valence-electron chi connectivity index (χ3n) is 4.43. The molecule has 0 atom stereocenters. The molecule has 0 heterocycles. The molecular formula is C11H21F7Si2. The Morgan fingerprint density at radius 3 is 1.45 bits per heavy atom.